The summed E-state index contributed by atoms with van der Waals surface area (Å²) in [4.78, 5) is 6.73. The van der Waals surface area contributed by atoms with E-state index in [2.05, 4.69) is 15.2 Å². The van der Waals surface area contributed by atoms with Crippen molar-refractivity contribution in [1.82, 2.24) is 15.2 Å². The second kappa shape index (κ2) is 7.65. The van der Waals surface area contributed by atoms with Crippen LogP contribution >= 0.6 is 34.5 Å². The van der Waals surface area contributed by atoms with E-state index in [0.29, 0.717) is 55.8 Å². The van der Waals surface area contributed by atoms with E-state index < -0.39 is 0 Å². The molecule has 0 bridgehead atoms. The first kappa shape index (κ1) is 19.5. The van der Waals surface area contributed by atoms with Gasteiger partial charge in [-0.3, -0.25) is 4.90 Å². The Bertz CT molecular complexity index is 1110. The van der Waals surface area contributed by atoms with Gasteiger partial charge in [-0.2, -0.15) is 0 Å². The van der Waals surface area contributed by atoms with Crippen LogP contribution in [0.2, 0.25) is 10.0 Å². The lowest BCUT2D eigenvalue weighted by Crippen LogP contribution is -2.53. The van der Waals surface area contributed by atoms with Crippen molar-refractivity contribution in [1.29, 1.82) is 0 Å². The summed E-state index contributed by atoms with van der Waals surface area (Å²) in [7, 11) is 0. The number of nitrogens with two attached hydrogens (primary N) is 1. The maximum Gasteiger partial charge on any atom is 0.181 e. The van der Waals surface area contributed by atoms with E-state index in [0.717, 1.165) is 48.6 Å². The standard InChI is InChI=1S/C20H19Cl2FN4OS/c21-14-5-10-7-27-4-3-25-6-11(27)8-28-9-13(10)17(22)16(14)12-1-2-15(23)19-18(12)26-20(24)29-19/h1-2,5,11,25H,3-4,6-9H2,(H2,24,26). The quantitative estimate of drug-likeness (QED) is 0.576. The Labute approximate surface area is 181 Å². The average Bonchev–Trinajstić information content (AvgIpc) is 3.07. The van der Waals surface area contributed by atoms with Gasteiger partial charge in [-0.15, -0.1) is 0 Å². The SMILES string of the molecule is Nc1nc2c(-c3c(Cl)cc4c(c3Cl)COCC3CNCCN3C4)ccc(F)c2s1. The van der Waals surface area contributed by atoms with Gasteiger partial charge >= 0.3 is 0 Å². The average molecular weight is 453 g/mol. The van der Waals surface area contributed by atoms with E-state index in [4.69, 9.17) is 33.7 Å². The van der Waals surface area contributed by atoms with E-state index in [-0.39, 0.29) is 5.82 Å². The molecular formula is C20H19Cl2FN4OS. The Morgan fingerprint density at radius 3 is 3.07 bits per heavy atom. The van der Waals surface area contributed by atoms with Crippen LogP contribution in [0.25, 0.3) is 21.3 Å². The molecule has 3 aromatic rings. The van der Waals surface area contributed by atoms with Crippen molar-refractivity contribution >= 4 is 49.9 Å². The molecular weight excluding hydrogens is 434 g/mol. The molecule has 0 amide bonds. The summed E-state index contributed by atoms with van der Waals surface area (Å²) in [6, 6.07) is 5.35. The third-order valence-electron chi connectivity index (χ3n) is 5.60. The van der Waals surface area contributed by atoms with Gasteiger partial charge in [0.25, 0.3) is 0 Å². The Morgan fingerprint density at radius 1 is 1.34 bits per heavy atom. The zero-order chi connectivity index (χ0) is 20.1. The van der Waals surface area contributed by atoms with Gasteiger partial charge in [-0.25, -0.2) is 9.37 Å². The van der Waals surface area contributed by atoms with Crippen molar-refractivity contribution in [2.24, 2.45) is 0 Å². The van der Waals surface area contributed by atoms with Crippen LogP contribution in [-0.2, 0) is 17.9 Å². The fourth-order valence-electron chi connectivity index (χ4n) is 4.14. The summed E-state index contributed by atoms with van der Waals surface area (Å²) in [5.74, 6) is -0.357. The number of rotatable bonds is 1. The monoisotopic (exact) mass is 452 g/mol. The Balaban J connectivity index is 1.65. The maximum atomic E-state index is 14.2. The number of benzene rings is 2. The number of piperazine rings is 1. The molecule has 152 valence electrons. The van der Waals surface area contributed by atoms with Crippen LogP contribution in [0.4, 0.5) is 9.52 Å². The molecule has 2 aliphatic heterocycles. The molecule has 0 radical (unpaired) electrons. The molecule has 3 heterocycles. The molecule has 1 saturated heterocycles. The van der Waals surface area contributed by atoms with Gasteiger partial charge in [-0.1, -0.05) is 34.5 Å². The molecule has 9 heteroatoms. The number of nitrogens with one attached hydrogen (secondary N) is 1. The summed E-state index contributed by atoms with van der Waals surface area (Å²) in [5.41, 5.74) is 9.61. The van der Waals surface area contributed by atoms with Crippen molar-refractivity contribution < 1.29 is 9.13 Å². The summed E-state index contributed by atoms with van der Waals surface area (Å²) < 4.78 is 20.6. The normalized spacial score (nSPS) is 20.2. The van der Waals surface area contributed by atoms with Gasteiger partial charge in [0.05, 0.1) is 33.5 Å². The fourth-order valence-corrected chi connectivity index (χ4v) is 5.66. The Morgan fingerprint density at radius 2 is 2.21 bits per heavy atom. The topological polar surface area (TPSA) is 63.4 Å². The van der Waals surface area contributed by atoms with Gasteiger partial charge < -0.3 is 15.8 Å². The molecule has 1 atom stereocenters. The lowest BCUT2D eigenvalue weighted by Gasteiger charge is -2.38. The number of aromatic nitrogens is 1. The van der Waals surface area contributed by atoms with Crippen molar-refractivity contribution in [2.45, 2.75) is 19.2 Å². The third-order valence-corrected chi connectivity index (χ3v) is 7.20. The number of ether oxygens (including phenoxy) is 1. The lowest BCUT2D eigenvalue weighted by atomic mass is 9.96. The molecule has 1 fully saturated rings. The van der Waals surface area contributed by atoms with Crippen LogP contribution in [0.1, 0.15) is 11.1 Å². The van der Waals surface area contributed by atoms with Gasteiger partial charge in [0, 0.05) is 48.9 Å². The minimum atomic E-state index is -0.357. The predicted octanol–water partition coefficient (Wildman–Crippen LogP) is 4.30. The van der Waals surface area contributed by atoms with Crippen LogP contribution in [0, 0.1) is 5.82 Å². The number of anilines is 1. The number of thiazole rings is 1. The molecule has 0 saturated carbocycles. The van der Waals surface area contributed by atoms with Gasteiger partial charge in [0.2, 0.25) is 0 Å². The molecule has 1 aromatic heterocycles. The molecule has 5 rings (SSSR count). The first-order chi connectivity index (χ1) is 14.0. The number of fused-ring (bicyclic) bond motifs is 3. The summed E-state index contributed by atoms with van der Waals surface area (Å²) in [6.45, 7) is 4.63. The molecule has 29 heavy (non-hydrogen) atoms. The maximum absolute atomic E-state index is 14.2. The second-order valence-corrected chi connectivity index (χ2v) is 9.17. The molecule has 2 aromatic carbocycles. The van der Waals surface area contributed by atoms with E-state index in [1.165, 1.54) is 6.07 Å². The highest BCUT2D eigenvalue weighted by molar-refractivity contribution is 7.22. The first-order valence-corrected chi connectivity index (χ1v) is 11.0. The Hall–Kier alpha value is -1.48. The molecule has 0 aliphatic carbocycles. The minimum absolute atomic E-state index is 0.304. The zero-order valence-electron chi connectivity index (χ0n) is 15.5. The van der Waals surface area contributed by atoms with Crippen molar-refractivity contribution in [3.63, 3.8) is 0 Å². The van der Waals surface area contributed by atoms with Crippen LogP contribution in [0.15, 0.2) is 18.2 Å². The first-order valence-electron chi connectivity index (χ1n) is 9.40. The van der Waals surface area contributed by atoms with Gasteiger partial charge in [0.15, 0.2) is 5.13 Å². The third kappa shape index (κ3) is 3.40. The van der Waals surface area contributed by atoms with Crippen molar-refractivity contribution in [3.05, 3.63) is 45.2 Å². The fraction of sp³-hybridized carbons (Fsp3) is 0.350. The largest absolute Gasteiger partial charge is 0.375 e. The molecule has 3 N–H and O–H groups in total. The zero-order valence-corrected chi connectivity index (χ0v) is 17.8. The highest BCUT2D eigenvalue weighted by atomic mass is 35.5. The van der Waals surface area contributed by atoms with E-state index in [1.807, 2.05) is 6.07 Å². The number of nitrogens with zero attached hydrogens (tertiary/aromatic N) is 2. The highest BCUT2D eigenvalue weighted by Crippen LogP contribution is 2.44. The molecule has 5 nitrogen and oxygen atoms in total. The number of halogens is 3. The highest BCUT2D eigenvalue weighted by Gasteiger charge is 2.28. The van der Waals surface area contributed by atoms with E-state index >= 15 is 0 Å². The number of hydrogen-bond donors (Lipinski definition) is 2. The number of nitrogen functional groups attached to an aromatic ring is 1. The smallest absolute Gasteiger partial charge is 0.181 e. The second-order valence-electron chi connectivity index (χ2n) is 7.35. The van der Waals surface area contributed by atoms with E-state index in [1.54, 1.807) is 6.07 Å². The molecule has 2 aliphatic rings. The van der Waals surface area contributed by atoms with Crippen LogP contribution in [-0.4, -0.2) is 42.2 Å². The van der Waals surface area contributed by atoms with Gasteiger partial charge in [-0.05, 0) is 23.8 Å². The minimum Gasteiger partial charge on any atom is -0.375 e. The van der Waals surface area contributed by atoms with Crippen molar-refractivity contribution in [2.75, 3.05) is 32.0 Å². The molecule has 1 unspecified atom stereocenters. The predicted molar refractivity (Wildman–Crippen MR) is 116 cm³/mol. The van der Waals surface area contributed by atoms with Crippen LogP contribution in [0.3, 0.4) is 0 Å². The molecule has 0 spiro atoms. The lowest BCUT2D eigenvalue weighted by molar-refractivity contribution is 0.0266. The summed E-state index contributed by atoms with van der Waals surface area (Å²) >= 11 is 14.7. The summed E-state index contributed by atoms with van der Waals surface area (Å²) in [6.07, 6.45) is 0. The Kier molecular flexibility index (Phi) is 5.14. The van der Waals surface area contributed by atoms with Crippen molar-refractivity contribution in [3.8, 4) is 11.1 Å². The van der Waals surface area contributed by atoms with Gasteiger partial charge in [0.1, 0.15) is 5.82 Å². The number of hydrogen-bond acceptors (Lipinski definition) is 6. The summed E-state index contributed by atoms with van der Waals surface area (Å²) in [5, 5.41) is 4.76. The van der Waals surface area contributed by atoms with Crippen LogP contribution in [0.5, 0.6) is 0 Å². The van der Waals surface area contributed by atoms with E-state index in [9.17, 15) is 4.39 Å². The van der Waals surface area contributed by atoms with Crippen LogP contribution < -0.4 is 11.1 Å².